The van der Waals surface area contributed by atoms with Gasteiger partial charge < -0.3 is 19.5 Å². The third-order valence-corrected chi connectivity index (χ3v) is 4.41. The van der Waals surface area contributed by atoms with Crippen molar-refractivity contribution in [3.8, 4) is 17.2 Å². The predicted octanol–water partition coefficient (Wildman–Crippen LogP) is 3.16. The van der Waals surface area contributed by atoms with Gasteiger partial charge in [-0.25, -0.2) is 0 Å². The summed E-state index contributed by atoms with van der Waals surface area (Å²) in [5, 5.41) is 7.92. The Morgan fingerprint density at radius 3 is 2.62 bits per heavy atom. The number of halogens is 1. The van der Waals surface area contributed by atoms with Crippen molar-refractivity contribution in [2.24, 2.45) is 5.73 Å². The van der Waals surface area contributed by atoms with Crippen molar-refractivity contribution in [1.29, 1.82) is 0 Å². The summed E-state index contributed by atoms with van der Waals surface area (Å²) >= 11 is 0. The SMILES string of the molecule is Cc1nc(COc2ccccc2-c2nc(C3(N)CCCC3)no2)no1.Cl. The molecule has 1 aliphatic rings. The van der Waals surface area contributed by atoms with Gasteiger partial charge in [-0.05, 0) is 25.0 Å². The Hall–Kier alpha value is -2.45. The van der Waals surface area contributed by atoms with E-state index in [0.717, 1.165) is 25.7 Å². The average molecular weight is 378 g/mol. The number of rotatable bonds is 5. The molecule has 1 aromatic carbocycles. The molecule has 0 spiro atoms. The lowest BCUT2D eigenvalue weighted by Crippen LogP contribution is -2.34. The molecule has 0 bridgehead atoms. The number of benzene rings is 1. The van der Waals surface area contributed by atoms with Crippen LogP contribution in [0.25, 0.3) is 11.5 Å². The van der Waals surface area contributed by atoms with Crippen molar-refractivity contribution in [3.05, 3.63) is 41.8 Å². The summed E-state index contributed by atoms with van der Waals surface area (Å²) in [6.45, 7) is 1.92. The Kier molecular flexibility index (Phi) is 5.24. The van der Waals surface area contributed by atoms with Gasteiger partial charge in [0.15, 0.2) is 12.4 Å². The van der Waals surface area contributed by atoms with Crippen LogP contribution in [0.15, 0.2) is 33.3 Å². The van der Waals surface area contributed by atoms with Crippen molar-refractivity contribution in [1.82, 2.24) is 20.3 Å². The molecule has 2 N–H and O–H groups in total. The van der Waals surface area contributed by atoms with Crippen LogP contribution in [0.1, 0.15) is 43.2 Å². The Labute approximate surface area is 156 Å². The first-order valence-electron chi connectivity index (χ1n) is 8.28. The Balaban J connectivity index is 0.00000196. The van der Waals surface area contributed by atoms with E-state index in [-0.39, 0.29) is 19.0 Å². The summed E-state index contributed by atoms with van der Waals surface area (Å²) in [5.74, 6) is 2.54. The van der Waals surface area contributed by atoms with Crippen molar-refractivity contribution in [3.63, 3.8) is 0 Å². The largest absolute Gasteiger partial charge is 0.485 e. The fourth-order valence-electron chi connectivity index (χ4n) is 3.08. The van der Waals surface area contributed by atoms with Crippen LogP contribution in [0.4, 0.5) is 0 Å². The minimum Gasteiger partial charge on any atom is -0.485 e. The van der Waals surface area contributed by atoms with Gasteiger partial charge in [0.05, 0.1) is 11.1 Å². The van der Waals surface area contributed by atoms with E-state index in [9.17, 15) is 0 Å². The lowest BCUT2D eigenvalue weighted by molar-refractivity contribution is 0.285. The summed E-state index contributed by atoms with van der Waals surface area (Å²) in [4.78, 5) is 8.64. The Bertz CT molecular complexity index is 873. The molecule has 1 aliphatic carbocycles. The molecule has 1 saturated carbocycles. The second kappa shape index (κ2) is 7.43. The highest BCUT2D eigenvalue weighted by atomic mass is 35.5. The maximum atomic E-state index is 6.40. The molecule has 9 heteroatoms. The number of nitrogens with zero attached hydrogens (tertiary/aromatic N) is 4. The zero-order chi connectivity index (χ0) is 17.3. The molecular formula is C17H20ClN5O3. The van der Waals surface area contributed by atoms with Gasteiger partial charge >= 0.3 is 0 Å². The highest BCUT2D eigenvalue weighted by molar-refractivity contribution is 5.85. The second-order valence-corrected chi connectivity index (χ2v) is 6.30. The van der Waals surface area contributed by atoms with Crippen LogP contribution in [0.5, 0.6) is 5.75 Å². The summed E-state index contributed by atoms with van der Waals surface area (Å²) < 4.78 is 16.2. The molecule has 1 fully saturated rings. The van der Waals surface area contributed by atoms with Gasteiger partial charge in [-0.3, -0.25) is 0 Å². The monoisotopic (exact) mass is 377 g/mol. The van der Waals surface area contributed by atoms with Crippen molar-refractivity contribution in [2.75, 3.05) is 0 Å². The maximum Gasteiger partial charge on any atom is 0.261 e. The first-order valence-corrected chi connectivity index (χ1v) is 8.28. The second-order valence-electron chi connectivity index (χ2n) is 6.30. The van der Waals surface area contributed by atoms with Gasteiger partial charge in [0.2, 0.25) is 11.7 Å². The molecule has 0 radical (unpaired) electrons. The van der Waals surface area contributed by atoms with E-state index < -0.39 is 5.54 Å². The third kappa shape index (κ3) is 3.56. The number of aryl methyl sites for hydroxylation is 1. The molecule has 0 atom stereocenters. The van der Waals surface area contributed by atoms with Crippen molar-refractivity contribution < 1.29 is 13.8 Å². The predicted molar refractivity (Wildman–Crippen MR) is 94.7 cm³/mol. The van der Waals surface area contributed by atoms with E-state index in [2.05, 4.69) is 20.3 Å². The van der Waals surface area contributed by atoms with Gasteiger partial charge in [0.25, 0.3) is 5.89 Å². The van der Waals surface area contributed by atoms with Crippen LogP contribution in [0, 0.1) is 6.92 Å². The zero-order valence-electron chi connectivity index (χ0n) is 14.3. The van der Waals surface area contributed by atoms with Crippen LogP contribution in [-0.2, 0) is 12.1 Å². The van der Waals surface area contributed by atoms with E-state index in [1.54, 1.807) is 6.92 Å². The number of aromatic nitrogens is 4. The average Bonchev–Trinajstić information content (AvgIpc) is 3.35. The van der Waals surface area contributed by atoms with E-state index in [0.29, 0.717) is 34.7 Å². The fraction of sp³-hybridized carbons (Fsp3) is 0.412. The van der Waals surface area contributed by atoms with Gasteiger partial charge in [-0.15, -0.1) is 12.4 Å². The molecule has 0 unspecified atom stereocenters. The van der Waals surface area contributed by atoms with Crippen LogP contribution in [0.2, 0.25) is 0 Å². The van der Waals surface area contributed by atoms with Crippen LogP contribution in [-0.4, -0.2) is 20.3 Å². The van der Waals surface area contributed by atoms with E-state index in [1.165, 1.54) is 0 Å². The molecule has 0 saturated heterocycles. The van der Waals surface area contributed by atoms with E-state index in [1.807, 2.05) is 24.3 Å². The first-order chi connectivity index (χ1) is 12.1. The lowest BCUT2D eigenvalue weighted by Gasteiger charge is -2.17. The van der Waals surface area contributed by atoms with Crippen molar-refractivity contribution in [2.45, 2.75) is 44.8 Å². The molecule has 0 amide bonds. The molecule has 26 heavy (non-hydrogen) atoms. The van der Waals surface area contributed by atoms with Crippen LogP contribution < -0.4 is 10.5 Å². The summed E-state index contributed by atoms with van der Waals surface area (Å²) in [5.41, 5.74) is 6.63. The Morgan fingerprint density at radius 1 is 1.12 bits per heavy atom. The van der Waals surface area contributed by atoms with Crippen molar-refractivity contribution >= 4 is 12.4 Å². The molecule has 3 aromatic rings. The van der Waals surface area contributed by atoms with Gasteiger partial charge in [-0.1, -0.05) is 35.3 Å². The molecular weight excluding hydrogens is 358 g/mol. The maximum absolute atomic E-state index is 6.40. The molecule has 8 nitrogen and oxygen atoms in total. The van der Waals surface area contributed by atoms with Crippen LogP contribution in [0.3, 0.4) is 0 Å². The van der Waals surface area contributed by atoms with Gasteiger partial charge in [-0.2, -0.15) is 9.97 Å². The summed E-state index contributed by atoms with van der Waals surface area (Å²) in [6, 6.07) is 7.46. The molecule has 138 valence electrons. The smallest absolute Gasteiger partial charge is 0.261 e. The lowest BCUT2D eigenvalue weighted by atomic mass is 9.99. The first kappa shape index (κ1) is 18.3. The number of ether oxygens (including phenoxy) is 1. The normalized spacial score (nSPS) is 15.6. The van der Waals surface area contributed by atoms with Gasteiger partial charge in [0.1, 0.15) is 5.75 Å². The van der Waals surface area contributed by atoms with Gasteiger partial charge in [0, 0.05) is 6.92 Å². The molecule has 2 aromatic heterocycles. The number of hydrogen-bond donors (Lipinski definition) is 1. The highest BCUT2D eigenvalue weighted by Gasteiger charge is 2.36. The number of hydrogen-bond acceptors (Lipinski definition) is 8. The Morgan fingerprint density at radius 2 is 1.88 bits per heavy atom. The standard InChI is InChI=1S/C17H19N5O3.ClH/c1-11-19-14(21-24-11)10-23-13-7-3-2-6-12(13)15-20-16(22-25-15)17(18)8-4-5-9-17;/h2-3,6-7H,4-5,8-10,18H2,1H3;1H. The zero-order valence-corrected chi connectivity index (χ0v) is 15.2. The molecule has 0 aliphatic heterocycles. The summed E-state index contributed by atoms with van der Waals surface area (Å²) in [6.07, 6.45) is 3.93. The number of nitrogens with two attached hydrogens (primary N) is 1. The quantitative estimate of drug-likeness (QED) is 0.721. The van der Waals surface area contributed by atoms with Crippen LogP contribution >= 0.6 is 12.4 Å². The molecule has 4 rings (SSSR count). The van der Waals surface area contributed by atoms with E-state index in [4.69, 9.17) is 19.5 Å². The highest BCUT2D eigenvalue weighted by Crippen LogP contribution is 2.36. The fourth-order valence-corrected chi connectivity index (χ4v) is 3.08. The summed E-state index contributed by atoms with van der Waals surface area (Å²) in [7, 11) is 0. The number of para-hydroxylation sites is 1. The topological polar surface area (TPSA) is 113 Å². The third-order valence-electron chi connectivity index (χ3n) is 4.41. The van der Waals surface area contributed by atoms with E-state index >= 15 is 0 Å². The molecule has 2 heterocycles. The minimum atomic E-state index is -0.486. The minimum absolute atomic E-state index is 0.